The molecule has 0 spiro atoms. The van der Waals surface area contributed by atoms with Crippen LogP contribution in [0.1, 0.15) is 53.3 Å². The van der Waals surface area contributed by atoms with Gasteiger partial charge in [-0.15, -0.1) is 0 Å². The van der Waals surface area contributed by atoms with Crippen molar-refractivity contribution in [3.05, 3.63) is 166 Å². The SMILES string of the molecule is Cc1ccc(C(=O)c2ccccc2)cc1N.Cc1ccc(C(=O)c2ccccc2)cc1NC(=O)c1ccccc1. The number of rotatable bonds is 6. The van der Waals surface area contributed by atoms with E-state index in [0.717, 1.165) is 11.1 Å². The summed E-state index contributed by atoms with van der Waals surface area (Å²) in [6, 6.07) is 38.1. The highest BCUT2D eigenvalue weighted by Gasteiger charge is 2.13. The summed E-state index contributed by atoms with van der Waals surface area (Å²) in [6.45, 7) is 3.82. The minimum absolute atomic E-state index is 0.00676. The van der Waals surface area contributed by atoms with Crippen LogP contribution in [0.3, 0.4) is 0 Å². The van der Waals surface area contributed by atoms with Gasteiger partial charge >= 0.3 is 0 Å². The van der Waals surface area contributed by atoms with Gasteiger partial charge in [0.25, 0.3) is 5.91 Å². The monoisotopic (exact) mass is 526 g/mol. The quantitative estimate of drug-likeness (QED) is 0.180. The fourth-order valence-electron chi connectivity index (χ4n) is 3.98. The summed E-state index contributed by atoms with van der Waals surface area (Å²) >= 11 is 0. The standard InChI is InChI=1S/C21H17NO2.C14H13NO/c1-15-12-13-18(20(23)16-8-4-2-5-9-16)14-19(15)22-21(24)17-10-6-3-7-11-17;1-10-7-8-12(9-13(10)15)14(16)11-5-3-2-4-6-11/h2-14H,1H3,(H,22,24);2-9H,15H2,1H3. The van der Waals surface area contributed by atoms with Gasteiger partial charge in [-0.2, -0.15) is 0 Å². The van der Waals surface area contributed by atoms with Crippen LogP contribution in [0.4, 0.5) is 11.4 Å². The number of aryl methyl sites for hydroxylation is 2. The van der Waals surface area contributed by atoms with Crippen molar-refractivity contribution in [1.82, 2.24) is 0 Å². The maximum atomic E-state index is 12.6. The predicted molar refractivity (Wildman–Crippen MR) is 161 cm³/mol. The average molecular weight is 527 g/mol. The Morgan fingerprint density at radius 3 is 1.40 bits per heavy atom. The second-order valence-electron chi connectivity index (χ2n) is 9.31. The van der Waals surface area contributed by atoms with Gasteiger partial charge in [-0.05, 0) is 49.2 Å². The normalized spacial score (nSPS) is 10.2. The highest BCUT2D eigenvalue weighted by Crippen LogP contribution is 2.20. The molecule has 5 nitrogen and oxygen atoms in total. The smallest absolute Gasteiger partial charge is 0.255 e. The van der Waals surface area contributed by atoms with Crippen LogP contribution in [-0.2, 0) is 0 Å². The Kier molecular flexibility index (Phi) is 9.00. The molecule has 0 aliphatic carbocycles. The van der Waals surface area contributed by atoms with Gasteiger partial charge < -0.3 is 11.1 Å². The molecule has 0 aromatic heterocycles. The Balaban J connectivity index is 0.000000201. The van der Waals surface area contributed by atoms with E-state index >= 15 is 0 Å². The molecule has 0 radical (unpaired) electrons. The molecule has 40 heavy (non-hydrogen) atoms. The largest absolute Gasteiger partial charge is 0.398 e. The number of carbonyl (C=O) groups is 3. The zero-order valence-electron chi connectivity index (χ0n) is 22.4. The summed E-state index contributed by atoms with van der Waals surface area (Å²) in [5.74, 6) is -0.249. The number of nitrogens with two attached hydrogens (primary N) is 1. The molecule has 5 rings (SSSR count). The molecule has 3 N–H and O–H groups in total. The minimum Gasteiger partial charge on any atom is -0.398 e. The van der Waals surface area contributed by atoms with Crippen LogP contribution < -0.4 is 11.1 Å². The Bertz CT molecular complexity index is 1630. The highest BCUT2D eigenvalue weighted by atomic mass is 16.1. The molecule has 0 unspecified atom stereocenters. The van der Waals surface area contributed by atoms with E-state index in [9.17, 15) is 14.4 Å². The zero-order chi connectivity index (χ0) is 28.5. The molecule has 198 valence electrons. The molecule has 0 atom stereocenters. The summed E-state index contributed by atoms with van der Waals surface area (Å²) in [4.78, 5) is 36.9. The number of benzene rings is 5. The Labute approximate surface area is 234 Å². The molecule has 0 saturated carbocycles. The van der Waals surface area contributed by atoms with Crippen LogP contribution in [0, 0.1) is 13.8 Å². The van der Waals surface area contributed by atoms with Gasteiger partial charge in [0.1, 0.15) is 0 Å². The summed E-state index contributed by atoms with van der Waals surface area (Å²) in [5, 5.41) is 2.88. The van der Waals surface area contributed by atoms with Crippen LogP contribution in [0.15, 0.2) is 127 Å². The molecule has 0 aliphatic rings. The fourth-order valence-corrected chi connectivity index (χ4v) is 3.98. The molecule has 5 heteroatoms. The van der Waals surface area contributed by atoms with E-state index in [0.29, 0.717) is 39.2 Å². The number of hydrogen-bond acceptors (Lipinski definition) is 4. The minimum atomic E-state index is -0.192. The maximum absolute atomic E-state index is 12.6. The average Bonchev–Trinajstić information content (AvgIpc) is 3.00. The first-order chi connectivity index (χ1) is 19.3. The van der Waals surface area contributed by atoms with Crippen molar-refractivity contribution < 1.29 is 14.4 Å². The van der Waals surface area contributed by atoms with E-state index < -0.39 is 0 Å². The number of hydrogen-bond donors (Lipinski definition) is 2. The second-order valence-corrected chi connectivity index (χ2v) is 9.31. The predicted octanol–water partition coefficient (Wildman–Crippen LogP) is 7.29. The highest BCUT2D eigenvalue weighted by molar-refractivity contribution is 6.11. The lowest BCUT2D eigenvalue weighted by Gasteiger charge is -2.10. The maximum Gasteiger partial charge on any atom is 0.255 e. The van der Waals surface area contributed by atoms with Crippen LogP contribution in [0.2, 0.25) is 0 Å². The third-order valence-corrected chi connectivity index (χ3v) is 6.40. The molecular formula is C35H30N2O3. The van der Waals surface area contributed by atoms with Crippen molar-refractivity contribution in [3.63, 3.8) is 0 Å². The van der Waals surface area contributed by atoms with Gasteiger partial charge in [0.2, 0.25) is 0 Å². The van der Waals surface area contributed by atoms with Crippen molar-refractivity contribution in [2.45, 2.75) is 13.8 Å². The van der Waals surface area contributed by atoms with Crippen molar-refractivity contribution in [2.75, 3.05) is 11.1 Å². The van der Waals surface area contributed by atoms with Crippen LogP contribution in [0.25, 0.3) is 0 Å². The van der Waals surface area contributed by atoms with E-state index in [1.807, 2.05) is 80.6 Å². The molecule has 1 amide bonds. The molecule has 0 heterocycles. The Morgan fingerprint density at radius 2 is 0.925 bits per heavy atom. The Morgan fingerprint density at radius 1 is 0.500 bits per heavy atom. The summed E-state index contributed by atoms with van der Waals surface area (Å²) in [6.07, 6.45) is 0. The van der Waals surface area contributed by atoms with Crippen molar-refractivity contribution in [1.29, 1.82) is 0 Å². The number of nitrogen functional groups attached to an aromatic ring is 1. The molecule has 0 saturated heterocycles. The third kappa shape index (κ3) is 6.97. The lowest BCUT2D eigenvalue weighted by molar-refractivity contribution is 0.102. The first-order valence-corrected chi connectivity index (χ1v) is 12.9. The molecule has 5 aromatic carbocycles. The fraction of sp³-hybridized carbons (Fsp3) is 0.0571. The molecule has 0 bridgehead atoms. The topological polar surface area (TPSA) is 89.3 Å². The number of anilines is 2. The molecule has 0 aliphatic heterocycles. The van der Waals surface area contributed by atoms with Crippen molar-refractivity contribution >= 4 is 28.8 Å². The van der Waals surface area contributed by atoms with E-state index in [1.165, 1.54) is 0 Å². The lowest BCUT2D eigenvalue weighted by Crippen LogP contribution is -2.13. The van der Waals surface area contributed by atoms with Crippen molar-refractivity contribution in [3.8, 4) is 0 Å². The van der Waals surface area contributed by atoms with Crippen LogP contribution >= 0.6 is 0 Å². The summed E-state index contributed by atoms with van der Waals surface area (Å²) < 4.78 is 0. The van der Waals surface area contributed by atoms with Gasteiger partial charge in [0, 0.05) is 39.2 Å². The van der Waals surface area contributed by atoms with Gasteiger partial charge in [-0.25, -0.2) is 0 Å². The number of nitrogens with one attached hydrogen (secondary N) is 1. The summed E-state index contributed by atoms with van der Waals surface area (Å²) in [7, 11) is 0. The van der Waals surface area contributed by atoms with E-state index in [2.05, 4.69) is 5.32 Å². The van der Waals surface area contributed by atoms with Crippen LogP contribution in [-0.4, -0.2) is 17.5 Å². The number of carbonyl (C=O) groups excluding carboxylic acids is 3. The van der Waals surface area contributed by atoms with Crippen molar-refractivity contribution in [2.24, 2.45) is 0 Å². The first kappa shape index (κ1) is 27.7. The van der Waals surface area contributed by atoms with E-state index in [4.69, 9.17) is 5.73 Å². The molecular weight excluding hydrogens is 496 g/mol. The second kappa shape index (κ2) is 13.0. The third-order valence-electron chi connectivity index (χ3n) is 6.40. The molecule has 5 aromatic rings. The lowest BCUT2D eigenvalue weighted by atomic mass is 10.0. The zero-order valence-corrected chi connectivity index (χ0v) is 22.4. The van der Waals surface area contributed by atoms with E-state index in [-0.39, 0.29) is 17.5 Å². The summed E-state index contributed by atoms with van der Waals surface area (Å²) in [5.41, 5.74) is 12.1. The van der Waals surface area contributed by atoms with Gasteiger partial charge in [0.05, 0.1) is 0 Å². The number of amides is 1. The molecule has 0 fully saturated rings. The Hall–Kier alpha value is -5.29. The first-order valence-electron chi connectivity index (χ1n) is 12.9. The van der Waals surface area contributed by atoms with E-state index in [1.54, 1.807) is 60.7 Å². The number of ketones is 2. The van der Waals surface area contributed by atoms with Crippen LogP contribution in [0.5, 0.6) is 0 Å². The van der Waals surface area contributed by atoms with Gasteiger partial charge in [-0.1, -0.05) is 103 Å². The van der Waals surface area contributed by atoms with Gasteiger partial charge in [0.15, 0.2) is 11.6 Å². The van der Waals surface area contributed by atoms with Gasteiger partial charge in [-0.3, -0.25) is 14.4 Å².